The van der Waals surface area contributed by atoms with Gasteiger partial charge in [-0.15, -0.1) is 0 Å². The van der Waals surface area contributed by atoms with Crippen molar-refractivity contribution < 1.29 is 9.47 Å². The molecule has 19 heavy (non-hydrogen) atoms. The van der Waals surface area contributed by atoms with Crippen molar-refractivity contribution in [2.24, 2.45) is 5.73 Å². The Labute approximate surface area is 115 Å². The maximum Gasteiger partial charge on any atom is 0.161 e. The minimum Gasteiger partial charge on any atom is -0.493 e. The number of piperidine rings is 1. The number of nitrogens with two attached hydrogens (primary N) is 1. The summed E-state index contributed by atoms with van der Waals surface area (Å²) in [5.41, 5.74) is 5.97. The number of nitrogens with zero attached hydrogens (tertiary/aromatic N) is 1. The fourth-order valence-corrected chi connectivity index (χ4v) is 2.60. The second-order valence-electron chi connectivity index (χ2n) is 5.17. The summed E-state index contributed by atoms with van der Waals surface area (Å²) < 4.78 is 11.1. The van der Waals surface area contributed by atoms with Crippen molar-refractivity contribution >= 4 is 0 Å². The number of hydrogen-bond donors (Lipinski definition) is 1. The van der Waals surface area contributed by atoms with E-state index in [1.165, 1.54) is 0 Å². The summed E-state index contributed by atoms with van der Waals surface area (Å²) in [7, 11) is 1.66. The van der Waals surface area contributed by atoms with Crippen LogP contribution in [0.4, 0.5) is 0 Å². The Morgan fingerprint density at radius 3 is 2.74 bits per heavy atom. The summed E-state index contributed by atoms with van der Waals surface area (Å²) in [5, 5.41) is 0. The molecule has 4 nitrogen and oxygen atoms in total. The minimum atomic E-state index is 0.362. The lowest BCUT2D eigenvalue weighted by Crippen LogP contribution is -2.46. The van der Waals surface area contributed by atoms with E-state index in [9.17, 15) is 0 Å². The number of hydrogen-bond acceptors (Lipinski definition) is 4. The highest BCUT2D eigenvalue weighted by molar-refractivity contribution is 5.39. The first-order chi connectivity index (χ1) is 9.20. The van der Waals surface area contributed by atoms with Gasteiger partial charge >= 0.3 is 0 Å². The number of methoxy groups -OCH3 is 1. The molecule has 1 aliphatic rings. The smallest absolute Gasteiger partial charge is 0.161 e. The number of para-hydroxylation sites is 2. The van der Waals surface area contributed by atoms with Crippen LogP contribution in [0.3, 0.4) is 0 Å². The number of likely N-dealkylation sites (tertiary alicyclic amines) is 1. The van der Waals surface area contributed by atoms with Gasteiger partial charge < -0.3 is 15.2 Å². The van der Waals surface area contributed by atoms with Gasteiger partial charge in [-0.25, -0.2) is 0 Å². The molecule has 0 aliphatic carbocycles. The van der Waals surface area contributed by atoms with Crippen molar-refractivity contribution in [2.75, 3.05) is 26.8 Å². The zero-order valence-corrected chi connectivity index (χ0v) is 11.8. The van der Waals surface area contributed by atoms with Crippen LogP contribution in [0.15, 0.2) is 24.3 Å². The third-order valence-corrected chi connectivity index (χ3v) is 3.76. The molecule has 0 amide bonds. The van der Waals surface area contributed by atoms with Crippen LogP contribution in [0.5, 0.6) is 11.5 Å². The van der Waals surface area contributed by atoms with Crippen molar-refractivity contribution in [1.82, 2.24) is 4.90 Å². The number of benzene rings is 1. The molecule has 1 aromatic carbocycles. The van der Waals surface area contributed by atoms with Crippen molar-refractivity contribution in [1.29, 1.82) is 0 Å². The number of ether oxygens (including phenoxy) is 2. The van der Waals surface area contributed by atoms with E-state index in [4.69, 9.17) is 15.2 Å². The lowest BCUT2D eigenvalue weighted by Gasteiger charge is -2.36. The van der Waals surface area contributed by atoms with Crippen LogP contribution in [0, 0.1) is 0 Å². The molecule has 0 aromatic heterocycles. The van der Waals surface area contributed by atoms with Crippen molar-refractivity contribution in [3.63, 3.8) is 0 Å². The van der Waals surface area contributed by atoms with Gasteiger partial charge in [-0.1, -0.05) is 12.1 Å². The molecule has 2 N–H and O–H groups in total. The lowest BCUT2D eigenvalue weighted by atomic mass is 9.99. The van der Waals surface area contributed by atoms with Crippen molar-refractivity contribution in [3.8, 4) is 11.5 Å². The summed E-state index contributed by atoms with van der Waals surface area (Å²) in [6.07, 6.45) is 2.16. The third-order valence-electron chi connectivity index (χ3n) is 3.76. The molecule has 0 spiro atoms. The highest BCUT2D eigenvalue weighted by Crippen LogP contribution is 2.25. The fraction of sp³-hybridized carbons (Fsp3) is 0.600. The molecule has 0 radical (unpaired) electrons. The molecular formula is C15H24N2O2. The molecule has 2 rings (SSSR count). The summed E-state index contributed by atoms with van der Waals surface area (Å²) >= 11 is 0. The van der Waals surface area contributed by atoms with Crippen LogP contribution in [-0.4, -0.2) is 43.8 Å². The van der Waals surface area contributed by atoms with E-state index in [-0.39, 0.29) is 0 Å². The third kappa shape index (κ3) is 3.85. The molecule has 4 heteroatoms. The van der Waals surface area contributed by atoms with Gasteiger partial charge in [0.15, 0.2) is 11.5 Å². The Balaban J connectivity index is 1.80. The van der Waals surface area contributed by atoms with Gasteiger partial charge in [0.2, 0.25) is 0 Å². The van der Waals surface area contributed by atoms with E-state index in [0.717, 1.165) is 37.4 Å². The van der Waals surface area contributed by atoms with Crippen molar-refractivity contribution in [2.45, 2.75) is 31.8 Å². The summed E-state index contributed by atoms with van der Waals surface area (Å²) in [6.45, 7) is 4.92. The SMILES string of the molecule is COc1ccccc1OCCN1CCC(N)CC1C. The van der Waals surface area contributed by atoms with Gasteiger partial charge in [-0.05, 0) is 31.9 Å². The predicted octanol–water partition coefficient (Wildman–Crippen LogP) is 1.89. The van der Waals surface area contributed by atoms with Gasteiger partial charge in [0, 0.05) is 25.2 Å². The summed E-state index contributed by atoms with van der Waals surface area (Å²) in [4.78, 5) is 2.44. The van der Waals surface area contributed by atoms with Crippen LogP contribution in [-0.2, 0) is 0 Å². The molecule has 0 bridgehead atoms. The van der Waals surface area contributed by atoms with E-state index in [1.54, 1.807) is 7.11 Å². The monoisotopic (exact) mass is 264 g/mol. The molecule has 2 atom stereocenters. The van der Waals surface area contributed by atoms with Crippen molar-refractivity contribution in [3.05, 3.63) is 24.3 Å². The predicted molar refractivity (Wildman–Crippen MR) is 76.7 cm³/mol. The summed E-state index contributed by atoms with van der Waals surface area (Å²) in [5.74, 6) is 1.60. The second kappa shape index (κ2) is 6.78. The second-order valence-corrected chi connectivity index (χ2v) is 5.17. The van der Waals surface area contributed by atoms with Gasteiger partial charge in [-0.2, -0.15) is 0 Å². The molecule has 1 heterocycles. The molecule has 106 valence electrons. The van der Waals surface area contributed by atoms with Crippen LogP contribution < -0.4 is 15.2 Å². The van der Waals surface area contributed by atoms with E-state index in [1.807, 2.05) is 24.3 Å². The molecule has 1 aromatic rings. The first-order valence-corrected chi connectivity index (χ1v) is 6.96. The first-order valence-electron chi connectivity index (χ1n) is 6.96. The van der Waals surface area contributed by atoms with Crippen LogP contribution in [0.2, 0.25) is 0 Å². The topological polar surface area (TPSA) is 47.7 Å². The first kappa shape index (κ1) is 14.2. The van der Waals surface area contributed by atoms with E-state index in [2.05, 4.69) is 11.8 Å². The summed E-state index contributed by atoms with van der Waals surface area (Å²) in [6, 6.07) is 8.67. The Bertz CT molecular complexity index is 397. The Morgan fingerprint density at radius 1 is 1.32 bits per heavy atom. The fourth-order valence-electron chi connectivity index (χ4n) is 2.60. The highest BCUT2D eigenvalue weighted by Gasteiger charge is 2.22. The Hall–Kier alpha value is -1.26. The maximum absolute atomic E-state index is 5.97. The average molecular weight is 264 g/mol. The maximum atomic E-state index is 5.97. The van der Waals surface area contributed by atoms with E-state index in [0.29, 0.717) is 18.7 Å². The molecule has 1 saturated heterocycles. The molecular weight excluding hydrogens is 240 g/mol. The average Bonchev–Trinajstić information content (AvgIpc) is 2.42. The van der Waals surface area contributed by atoms with E-state index >= 15 is 0 Å². The van der Waals surface area contributed by atoms with Gasteiger partial charge in [-0.3, -0.25) is 4.90 Å². The van der Waals surface area contributed by atoms with Crippen LogP contribution in [0.25, 0.3) is 0 Å². The van der Waals surface area contributed by atoms with Crippen LogP contribution in [0.1, 0.15) is 19.8 Å². The zero-order chi connectivity index (χ0) is 13.7. The van der Waals surface area contributed by atoms with Gasteiger partial charge in [0.05, 0.1) is 7.11 Å². The molecule has 1 aliphatic heterocycles. The Morgan fingerprint density at radius 2 is 2.05 bits per heavy atom. The van der Waals surface area contributed by atoms with E-state index < -0.39 is 0 Å². The highest BCUT2D eigenvalue weighted by atomic mass is 16.5. The zero-order valence-electron chi connectivity index (χ0n) is 11.8. The Kier molecular flexibility index (Phi) is 5.05. The molecule has 1 fully saturated rings. The minimum absolute atomic E-state index is 0.362. The van der Waals surface area contributed by atoms with Crippen LogP contribution >= 0.6 is 0 Å². The number of rotatable bonds is 5. The van der Waals surface area contributed by atoms with Gasteiger partial charge in [0.1, 0.15) is 6.61 Å². The van der Waals surface area contributed by atoms with Gasteiger partial charge in [0.25, 0.3) is 0 Å². The quantitative estimate of drug-likeness (QED) is 0.882. The normalized spacial score (nSPS) is 24.2. The molecule has 0 saturated carbocycles. The largest absolute Gasteiger partial charge is 0.493 e. The molecule has 2 unspecified atom stereocenters. The lowest BCUT2D eigenvalue weighted by molar-refractivity contribution is 0.122. The standard InChI is InChI=1S/C15H24N2O2/c1-12-11-13(16)7-8-17(12)9-10-19-15-6-4-3-5-14(15)18-2/h3-6,12-13H,7-11,16H2,1-2H3.